The molecule has 0 aliphatic carbocycles. The number of rotatable bonds is 2. The molecule has 1 heterocycles. The monoisotopic (exact) mass is 234 g/mol. The van der Waals surface area contributed by atoms with Crippen LogP contribution in [0.3, 0.4) is 0 Å². The third-order valence-electron chi connectivity index (χ3n) is 3.72. The zero-order chi connectivity index (χ0) is 11.9. The van der Waals surface area contributed by atoms with Crippen molar-refractivity contribution < 1.29 is 4.74 Å². The van der Waals surface area contributed by atoms with E-state index in [1.54, 1.807) is 0 Å². The van der Waals surface area contributed by atoms with Crippen molar-refractivity contribution in [1.82, 2.24) is 0 Å². The molecule has 1 heteroatoms. The topological polar surface area (TPSA) is 12.5 Å². The van der Waals surface area contributed by atoms with Gasteiger partial charge in [-0.1, -0.05) is 48.5 Å². The van der Waals surface area contributed by atoms with Gasteiger partial charge >= 0.3 is 0 Å². The summed E-state index contributed by atoms with van der Waals surface area (Å²) in [6.45, 7) is 0.914. The molecule has 0 N–H and O–H groups in total. The second-order valence-electron chi connectivity index (χ2n) is 4.96. The lowest BCUT2D eigenvalue weighted by Crippen LogP contribution is -1.96. The lowest BCUT2D eigenvalue weighted by Gasteiger charge is -2.10. The first-order valence-electron chi connectivity index (χ1n) is 6.43. The first-order valence-corrected chi connectivity index (χ1v) is 6.43. The van der Waals surface area contributed by atoms with Crippen molar-refractivity contribution in [2.24, 2.45) is 0 Å². The summed E-state index contributed by atoms with van der Waals surface area (Å²) in [4.78, 5) is 0. The zero-order valence-electron chi connectivity index (χ0n) is 10.1. The van der Waals surface area contributed by atoms with E-state index in [2.05, 4.69) is 54.6 Å². The van der Waals surface area contributed by atoms with E-state index in [-0.39, 0.29) is 0 Å². The van der Waals surface area contributed by atoms with Crippen molar-refractivity contribution in [3.05, 3.63) is 60.2 Å². The smallest absolute Gasteiger partial charge is 0.0850 e. The first kappa shape index (κ1) is 10.1. The molecular formula is C17H14O. The summed E-state index contributed by atoms with van der Waals surface area (Å²) in [7, 11) is 0. The third kappa shape index (κ3) is 1.59. The van der Waals surface area contributed by atoms with Crippen LogP contribution in [-0.4, -0.2) is 12.7 Å². The molecule has 0 saturated carbocycles. The van der Waals surface area contributed by atoms with Gasteiger partial charge in [-0.2, -0.15) is 0 Å². The molecule has 1 fully saturated rings. The lowest BCUT2D eigenvalue weighted by molar-refractivity contribution is 0.408. The van der Waals surface area contributed by atoms with E-state index in [4.69, 9.17) is 4.74 Å². The number of fused-ring (bicyclic) bond motifs is 2. The van der Waals surface area contributed by atoms with E-state index in [0.717, 1.165) is 13.0 Å². The molecule has 0 bridgehead atoms. The first-order chi connectivity index (χ1) is 8.92. The average Bonchev–Trinajstić information content (AvgIpc) is 3.22. The van der Waals surface area contributed by atoms with Crippen LogP contribution in [0, 0.1) is 0 Å². The molecule has 3 aromatic rings. The Kier molecular flexibility index (Phi) is 2.14. The van der Waals surface area contributed by atoms with Crippen LogP contribution in [0.5, 0.6) is 0 Å². The fourth-order valence-corrected chi connectivity index (χ4v) is 2.74. The molecule has 0 aromatic heterocycles. The van der Waals surface area contributed by atoms with Crippen LogP contribution in [0.4, 0.5) is 0 Å². The molecule has 1 unspecified atom stereocenters. The Morgan fingerprint density at radius 1 is 0.889 bits per heavy atom. The molecule has 18 heavy (non-hydrogen) atoms. The quantitative estimate of drug-likeness (QED) is 0.483. The van der Waals surface area contributed by atoms with Gasteiger partial charge in [0.2, 0.25) is 0 Å². The van der Waals surface area contributed by atoms with Crippen molar-refractivity contribution in [2.45, 2.75) is 12.5 Å². The Morgan fingerprint density at radius 3 is 2.00 bits per heavy atom. The molecule has 0 amide bonds. The van der Waals surface area contributed by atoms with Crippen LogP contribution in [0.25, 0.3) is 21.5 Å². The van der Waals surface area contributed by atoms with Crippen molar-refractivity contribution in [3.8, 4) is 0 Å². The lowest BCUT2D eigenvalue weighted by atomic mass is 9.94. The normalized spacial score (nSPS) is 18.3. The number of benzene rings is 3. The Morgan fingerprint density at radius 2 is 1.44 bits per heavy atom. The molecule has 3 aromatic carbocycles. The van der Waals surface area contributed by atoms with Crippen molar-refractivity contribution in [3.63, 3.8) is 0 Å². The molecular weight excluding hydrogens is 220 g/mol. The summed E-state index contributed by atoms with van der Waals surface area (Å²) in [6, 6.07) is 19.6. The van der Waals surface area contributed by atoms with Gasteiger partial charge in [0.25, 0.3) is 0 Å². The summed E-state index contributed by atoms with van der Waals surface area (Å²) in [5, 5.41) is 5.39. The van der Waals surface area contributed by atoms with Crippen molar-refractivity contribution >= 4 is 21.5 Å². The van der Waals surface area contributed by atoms with Gasteiger partial charge in [-0.05, 0) is 33.2 Å². The molecule has 1 nitrogen and oxygen atoms in total. The molecule has 1 atom stereocenters. The number of hydrogen-bond acceptors (Lipinski definition) is 1. The largest absolute Gasteiger partial charge is 0.373 e. The van der Waals surface area contributed by atoms with Crippen LogP contribution in [0.2, 0.25) is 0 Å². The van der Waals surface area contributed by atoms with E-state index < -0.39 is 0 Å². The average molecular weight is 234 g/mol. The molecule has 1 saturated heterocycles. The number of ether oxygens (including phenoxy) is 1. The van der Waals surface area contributed by atoms with Gasteiger partial charge in [0.15, 0.2) is 0 Å². The summed E-state index contributed by atoms with van der Waals surface area (Å²) in [5.41, 5.74) is 1.44. The summed E-state index contributed by atoms with van der Waals surface area (Å²) in [5.74, 6) is 0. The molecule has 4 rings (SSSR count). The van der Waals surface area contributed by atoms with Gasteiger partial charge in [-0.25, -0.2) is 0 Å². The van der Waals surface area contributed by atoms with Crippen molar-refractivity contribution in [2.75, 3.05) is 6.61 Å². The maximum Gasteiger partial charge on any atom is 0.0850 e. The minimum atomic E-state index is 0.430. The van der Waals surface area contributed by atoms with E-state index in [1.165, 1.54) is 27.1 Å². The highest BCUT2D eigenvalue weighted by Crippen LogP contribution is 2.31. The molecule has 0 spiro atoms. The summed E-state index contributed by atoms with van der Waals surface area (Å²) >= 11 is 0. The minimum absolute atomic E-state index is 0.430. The van der Waals surface area contributed by atoms with Gasteiger partial charge < -0.3 is 4.74 Å². The predicted octanol–water partition coefficient (Wildman–Crippen LogP) is 3.93. The summed E-state index contributed by atoms with van der Waals surface area (Å²) < 4.78 is 5.41. The highest BCUT2D eigenvalue weighted by molar-refractivity contribution is 6.02. The fraction of sp³-hybridized carbons (Fsp3) is 0.176. The Bertz CT molecular complexity index is 672. The molecule has 1 aliphatic rings. The fourth-order valence-electron chi connectivity index (χ4n) is 2.74. The zero-order valence-corrected chi connectivity index (χ0v) is 10.1. The van der Waals surface area contributed by atoms with E-state index in [9.17, 15) is 0 Å². The Labute approximate surface area is 106 Å². The highest BCUT2D eigenvalue weighted by Gasteiger charge is 2.24. The second kappa shape index (κ2) is 3.82. The Hall–Kier alpha value is -1.86. The predicted molar refractivity (Wildman–Crippen MR) is 74.9 cm³/mol. The van der Waals surface area contributed by atoms with E-state index in [1.807, 2.05) is 0 Å². The van der Waals surface area contributed by atoms with E-state index in [0.29, 0.717) is 6.10 Å². The maximum atomic E-state index is 5.41. The standard InChI is InChI=1S/C17H14O/c1-3-7-15-12(5-1)9-13-6-2-4-8-16(13)17(15)10-14-11-18-14/h1-9,14H,10-11H2. The molecule has 1 aliphatic heterocycles. The molecule has 0 radical (unpaired) electrons. The highest BCUT2D eigenvalue weighted by atomic mass is 16.6. The van der Waals surface area contributed by atoms with Gasteiger partial charge in [0, 0.05) is 6.42 Å². The van der Waals surface area contributed by atoms with Crippen LogP contribution >= 0.6 is 0 Å². The van der Waals surface area contributed by atoms with Crippen LogP contribution < -0.4 is 0 Å². The Balaban J connectivity index is 2.09. The van der Waals surface area contributed by atoms with Gasteiger partial charge in [0.1, 0.15) is 0 Å². The maximum absolute atomic E-state index is 5.41. The molecule has 88 valence electrons. The van der Waals surface area contributed by atoms with Crippen LogP contribution in [-0.2, 0) is 11.2 Å². The van der Waals surface area contributed by atoms with Gasteiger partial charge in [0.05, 0.1) is 12.7 Å². The second-order valence-corrected chi connectivity index (χ2v) is 4.96. The number of epoxide rings is 1. The SMILES string of the molecule is c1ccc2c(CC3CO3)c3ccccc3cc2c1. The third-order valence-corrected chi connectivity index (χ3v) is 3.72. The van der Waals surface area contributed by atoms with Crippen LogP contribution in [0.1, 0.15) is 5.56 Å². The van der Waals surface area contributed by atoms with E-state index >= 15 is 0 Å². The van der Waals surface area contributed by atoms with Gasteiger partial charge in [-0.15, -0.1) is 0 Å². The minimum Gasteiger partial charge on any atom is -0.373 e. The van der Waals surface area contributed by atoms with Crippen molar-refractivity contribution in [1.29, 1.82) is 0 Å². The van der Waals surface area contributed by atoms with Gasteiger partial charge in [-0.3, -0.25) is 0 Å². The summed E-state index contributed by atoms with van der Waals surface area (Å²) in [6.07, 6.45) is 1.46. The van der Waals surface area contributed by atoms with Crippen LogP contribution in [0.15, 0.2) is 54.6 Å². The number of hydrogen-bond donors (Lipinski definition) is 0.